The lowest BCUT2D eigenvalue weighted by atomic mass is 9.98. The van der Waals surface area contributed by atoms with Crippen LogP contribution in [0.4, 0.5) is 0 Å². The number of aromatic nitrogens is 1. The molecule has 1 aliphatic rings. The molecule has 0 fully saturated rings. The number of benzene rings is 2. The number of nitrogens with zero attached hydrogens (tertiary/aromatic N) is 2. The van der Waals surface area contributed by atoms with Gasteiger partial charge in [-0.15, -0.1) is 11.3 Å². The van der Waals surface area contributed by atoms with Gasteiger partial charge in [0.2, 0.25) is 0 Å². The Labute approximate surface area is 162 Å². The molecule has 2 heterocycles. The summed E-state index contributed by atoms with van der Waals surface area (Å²) in [7, 11) is 3.26. The minimum Gasteiger partial charge on any atom is -0.493 e. The van der Waals surface area contributed by atoms with E-state index in [0.717, 1.165) is 28.3 Å². The van der Waals surface area contributed by atoms with E-state index >= 15 is 0 Å². The van der Waals surface area contributed by atoms with E-state index < -0.39 is 0 Å². The van der Waals surface area contributed by atoms with Gasteiger partial charge in [0, 0.05) is 24.0 Å². The Bertz CT molecular complexity index is 969. The van der Waals surface area contributed by atoms with E-state index in [2.05, 4.69) is 4.98 Å². The van der Waals surface area contributed by atoms with Crippen LogP contribution < -0.4 is 9.47 Å². The average Bonchev–Trinajstić information content (AvgIpc) is 3.22. The third-order valence-electron chi connectivity index (χ3n) is 4.75. The van der Waals surface area contributed by atoms with E-state index in [4.69, 9.17) is 9.47 Å². The molecule has 1 aliphatic heterocycles. The van der Waals surface area contributed by atoms with Crippen molar-refractivity contribution in [1.82, 2.24) is 9.88 Å². The molecule has 138 valence electrons. The highest BCUT2D eigenvalue weighted by atomic mass is 32.1. The largest absolute Gasteiger partial charge is 0.493 e. The highest BCUT2D eigenvalue weighted by Gasteiger charge is 2.25. The molecule has 0 unspecified atom stereocenters. The fraction of sp³-hybridized carbons (Fsp3) is 0.238. The van der Waals surface area contributed by atoms with E-state index in [-0.39, 0.29) is 5.91 Å². The van der Waals surface area contributed by atoms with Gasteiger partial charge in [-0.2, -0.15) is 0 Å². The lowest BCUT2D eigenvalue weighted by molar-refractivity contribution is 0.0729. The first kappa shape index (κ1) is 17.5. The van der Waals surface area contributed by atoms with Crippen molar-refractivity contribution in [2.75, 3.05) is 20.8 Å². The van der Waals surface area contributed by atoms with Gasteiger partial charge in [-0.3, -0.25) is 4.79 Å². The number of amides is 1. The number of ether oxygens (including phenoxy) is 2. The van der Waals surface area contributed by atoms with Crippen LogP contribution in [0.25, 0.3) is 10.6 Å². The van der Waals surface area contributed by atoms with Gasteiger partial charge in [-0.1, -0.05) is 30.3 Å². The van der Waals surface area contributed by atoms with Crippen LogP contribution in [0.2, 0.25) is 0 Å². The summed E-state index contributed by atoms with van der Waals surface area (Å²) in [5.74, 6) is 1.38. The second-order valence-corrected chi connectivity index (χ2v) is 7.21. The van der Waals surface area contributed by atoms with Crippen LogP contribution in [0.15, 0.2) is 47.8 Å². The molecule has 0 saturated heterocycles. The molecular weight excluding hydrogens is 360 g/mol. The molecule has 1 aromatic heterocycles. The van der Waals surface area contributed by atoms with Gasteiger partial charge in [-0.05, 0) is 29.7 Å². The van der Waals surface area contributed by atoms with Crippen LogP contribution in [-0.2, 0) is 13.0 Å². The number of methoxy groups -OCH3 is 2. The van der Waals surface area contributed by atoms with E-state index in [1.807, 2.05) is 52.7 Å². The summed E-state index contributed by atoms with van der Waals surface area (Å²) in [4.78, 5) is 19.3. The third-order valence-corrected chi connectivity index (χ3v) is 5.64. The maximum atomic E-state index is 12.9. The Morgan fingerprint density at radius 2 is 1.78 bits per heavy atom. The summed E-state index contributed by atoms with van der Waals surface area (Å²) in [6.45, 7) is 1.21. The first-order valence-electron chi connectivity index (χ1n) is 8.73. The van der Waals surface area contributed by atoms with Crippen LogP contribution in [0, 0.1) is 0 Å². The summed E-state index contributed by atoms with van der Waals surface area (Å²) in [6.07, 6.45) is 0.789. The highest BCUT2D eigenvalue weighted by molar-refractivity contribution is 7.13. The summed E-state index contributed by atoms with van der Waals surface area (Å²) in [6, 6.07) is 13.9. The molecule has 0 radical (unpaired) electrons. The van der Waals surface area contributed by atoms with Crippen molar-refractivity contribution in [3.05, 3.63) is 64.7 Å². The van der Waals surface area contributed by atoms with Crippen molar-refractivity contribution >= 4 is 17.2 Å². The molecule has 0 bridgehead atoms. The molecule has 0 saturated carbocycles. The standard InChI is InChI=1S/C21H20N2O3S/c1-25-18-10-15-8-9-23(12-16(15)11-19(18)26-2)21(24)17-13-27-20(22-17)14-6-4-3-5-7-14/h3-7,10-11,13H,8-9,12H2,1-2H3. The first-order chi connectivity index (χ1) is 13.2. The van der Waals surface area contributed by atoms with Crippen molar-refractivity contribution in [1.29, 1.82) is 0 Å². The maximum Gasteiger partial charge on any atom is 0.273 e. The minimum atomic E-state index is -0.0335. The molecule has 0 aliphatic carbocycles. The van der Waals surface area contributed by atoms with Crippen LogP contribution >= 0.6 is 11.3 Å². The molecule has 5 nitrogen and oxygen atoms in total. The number of hydrogen-bond donors (Lipinski definition) is 0. The normalized spacial score (nSPS) is 13.2. The highest BCUT2D eigenvalue weighted by Crippen LogP contribution is 2.33. The molecule has 2 aromatic carbocycles. The number of thiazole rings is 1. The van der Waals surface area contributed by atoms with E-state index in [9.17, 15) is 4.79 Å². The Hall–Kier alpha value is -2.86. The van der Waals surface area contributed by atoms with Crippen molar-refractivity contribution in [3.63, 3.8) is 0 Å². The third kappa shape index (κ3) is 3.40. The first-order valence-corrected chi connectivity index (χ1v) is 9.61. The molecule has 27 heavy (non-hydrogen) atoms. The number of carbonyl (C=O) groups is 1. The zero-order valence-electron chi connectivity index (χ0n) is 15.3. The summed E-state index contributed by atoms with van der Waals surface area (Å²) in [5.41, 5.74) is 3.82. The van der Waals surface area contributed by atoms with Crippen LogP contribution in [0.3, 0.4) is 0 Å². The predicted molar refractivity (Wildman–Crippen MR) is 106 cm³/mol. The van der Waals surface area contributed by atoms with E-state index in [1.54, 1.807) is 14.2 Å². The number of rotatable bonds is 4. The molecule has 3 aromatic rings. The van der Waals surface area contributed by atoms with Gasteiger partial charge >= 0.3 is 0 Å². The molecule has 0 spiro atoms. The number of hydrogen-bond acceptors (Lipinski definition) is 5. The van der Waals surface area contributed by atoms with Gasteiger partial charge in [0.25, 0.3) is 5.91 Å². The Morgan fingerprint density at radius 3 is 2.48 bits per heavy atom. The van der Waals surface area contributed by atoms with Gasteiger partial charge in [-0.25, -0.2) is 4.98 Å². The van der Waals surface area contributed by atoms with Crippen LogP contribution in [-0.4, -0.2) is 36.6 Å². The van der Waals surface area contributed by atoms with Crippen LogP contribution in [0.5, 0.6) is 11.5 Å². The Morgan fingerprint density at radius 1 is 1.07 bits per heavy atom. The smallest absolute Gasteiger partial charge is 0.273 e. The Kier molecular flexibility index (Phi) is 4.81. The predicted octanol–water partition coefficient (Wildman–Crippen LogP) is 4.03. The SMILES string of the molecule is COc1cc2c(cc1OC)CN(C(=O)c1csc(-c3ccccc3)n1)CC2. The molecule has 6 heteroatoms. The summed E-state index contributed by atoms with van der Waals surface area (Å²) in [5, 5.41) is 2.71. The van der Waals surface area contributed by atoms with E-state index in [0.29, 0.717) is 24.5 Å². The average molecular weight is 380 g/mol. The summed E-state index contributed by atoms with van der Waals surface area (Å²) >= 11 is 1.50. The van der Waals surface area contributed by atoms with E-state index in [1.165, 1.54) is 16.9 Å². The molecule has 0 N–H and O–H groups in total. The van der Waals surface area contributed by atoms with Crippen molar-refractivity contribution in [3.8, 4) is 22.1 Å². The number of carbonyl (C=O) groups excluding carboxylic acids is 1. The quantitative estimate of drug-likeness (QED) is 0.686. The lowest BCUT2D eigenvalue weighted by Gasteiger charge is -2.29. The lowest BCUT2D eigenvalue weighted by Crippen LogP contribution is -2.36. The number of fused-ring (bicyclic) bond motifs is 1. The second-order valence-electron chi connectivity index (χ2n) is 6.36. The van der Waals surface area contributed by atoms with Crippen molar-refractivity contribution < 1.29 is 14.3 Å². The zero-order chi connectivity index (χ0) is 18.8. The van der Waals surface area contributed by atoms with Gasteiger partial charge in [0.1, 0.15) is 10.7 Å². The van der Waals surface area contributed by atoms with Crippen molar-refractivity contribution in [2.45, 2.75) is 13.0 Å². The van der Waals surface area contributed by atoms with Crippen molar-refractivity contribution in [2.24, 2.45) is 0 Å². The van der Waals surface area contributed by atoms with Gasteiger partial charge in [0.15, 0.2) is 11.5 Å². The molecule has 4 rings (SSSR count). The Balaban J connectivity index is 1.55. The topological polar surface area (TPSA) is 51.7 Å². The van der Waals surface area contributed by atoms with Gasteiger partial charge < -0.3 is 14.4 Å². The monoisotopic (exact) mass is 380 g/mol. The summed E-state index contributed by atoms with van der Waals surface area (Å²) < 4.78 is 10.8. The molecule has 0 atom stereocenters. The minimum absolute atomic E-state index is 0.0335. The maximum absolute atomic E-state index is 12.9. The fourth-order valence-corrected chi connectivity index (χ4v) is 4.10. The fourth-order valence-electron chi connectivity index (χ4n) is 3.30. The van der Waals surface area contributed by atoms with Crippen LogP contribution in [0.1, 0.15) is 21.6 Å². The molecule has 1 amide bonds. The second kappa shape index (κ2) is 7.40. The van der Waals surface area contributed by atoms with Gasteiger partial charge in [0.05, 0.1) is 14.2 Å². The zero-order valence-corrected chi connectivity index (χ0v) is 16.1. The molecular formula is C21H20N2O3S.